The van der Waals surface area contributed by atoms with E-state index in [2.05, 4.69) is 50.4 Å². The lowest BCUT2D eigenvalue weighted by Gasteiger charge is -2.13. The Balaban J connectivity index is 2.55. The second-order valence-corrected chi connectivity index (χ2v) is 4.12. The highest BCUT2D eigenvalue weighted by Crippen LogP contribution is 2.14. The van der Waals surface area contributed by atoms with Crippen molar-refractivity contribution in [3.05, 3.63) is 35.4 Å². The minimum atomic E-state index is 0.468. The molecule has 84 valence electrons. The summed E-state index contributed by atoms with van der Waals surface area (Å²) in [6, 6.07) is 9.49. The van der Waals surface area contributed by atoms with E-state index in [0.717, 1.165) is 6.54 Å². The fourth-order valence-corrected chi connectivity index (χ4v) is 1.78. The van der Waals surface area contributed by atoms with E-state index in [4.69, 9.17) is 0 Å². The van der Waals surface area contributed by atoms with E-state index in [1.165, 1.54) is 30.4 Å². The van der Waals surface area contributed by atoms with Crippen LogP contribution in [-0.2, 0) is 6.42 Å². The maximum absolute atomic E-state index is 3.42. The largest absolute Gasteiger partial charge is 0.310 e. The van der Waals surface area contributed by atoms with Crippen LogP contribution in [0.25, 0.3) is 0 Å². The lowest BCUT2D eigenvalue weighted by atomic mass is 10.0. The van der Waals surface area contributed by atoms with E-state index in [1.54, 1.807) is 0 Å². The third-order valence-corrected chi connectivity index (χ3v) is 2.81. The summed E-state index contributed by atoms with van der Waals surface area (Å²) < 4.78 is 0. The van der Waals surface area contributed by atoms with E-state index in [0.29, 0.717) is 6.04 Å². The second-order valence-electron chi connectivity index (χ2n) is 4.12. The van der Waals surface area contributed by atoms with E-state index in [1.807, 2.05) is 0 Å². The molecular formula is C14H23N. The van der Waals surface area contributed by atoms with Gasteiger partial charge in [-0.25, -0.2) is 0 Å². The normalized spacial score (nSPS) is 12.7. The van der Waals surface area contributed by atoms with Crippen LogP contribution < -0.4 is 5.32 Å². The van der Waals surface area contributed by atoms with Crippen LogP contribution >= 0.6 is 0 Å². The van der Waals surface area contributed by atoms with Crippen molar-refractivity contribution < 1.29 is 0 Å². The SMILES string of the molecule is CCCCc1ccc(C(C)NCC)cc1. The first-order valence-electron chi connectivity index (χ1n) is 6.10. The summed E-state index contributed by atoms with van der Waals surface area (Å²) in [6.07, 6.45) is 3.78. The standard InChI is InChI=1S/C14H23N/c1-4-6-7-13-8-10-14(11-9-13)12(3)15-5-2/h8-12,15H,4-7H2,1-3H3. The quantitative estimate of drug-likeness (QED) is 0.746. The van der Waals surface area contributed by atoms with Crippen molar-refractivity contribution in [1.82, 2.24) is 5.32 Å². The van der Waals surface area contributed by atoms with Gasteiger partial charge in [-0.1, -0.05) is 44.5 Å². The zero-order valence-corrected chi connectivity index (χ0v) is 10.2. The van der Waals surface area contributed by atoms with Crippen LogP contribution in [0.5, 0.6) is 0 Å². The summed E-state index contributed by atoms with van der Waals surface area (Å²) in [7, 11) is 0. The van der Waals surface area contributed by atoms with E-state index >= 15 is 0 Å². The molecule has 0 fully saturated rings. The molecule has 1 aromatic rings. The number of unbranched alkanes of at least 4 members (excludes halogenated alkanes) is 1. The zero-order valence-electron chi connectivity index (χ0n) is 10.2. The maximum atomic E-state index is 3.42. The predicted molar refractivity (Wildman–Crippen MR) is 67.1 cm³/mol. The first kappa shape index (κ1) is 12.3. The Kier molecular flexibility index (Phi) is 5.41. The number of nitrogens with one attached hydrogen (secondary N) is 1. The Morgan fingerprint density at radius 3 is 2.33 bits per heavy atom. The number of benzene rings is 1. The van der Waals surface area contributed by atoms with Gasteiger partial charge in [-0.15, -0.1) is 0 Å². The van der Waals surface area contributed by atoms with Crippen molar-refractivity contribution in [2.45, 2.75) is 46.1 Å². The fourth-order valence-electron chi connectivity index (χ4n) is 1.78. The highest BCUT2D eigenvalue weighted by atomic mass is 14.9. The van der Waals surface area contributed by atoms with Gasteiger partial charge in [0, 0.05) is 6.04 Å². The molecule has 1 rings (SSSR count). The second kappa shape index (κ2) is 6.62. The van der Waals surface area contributed by atoms with Gasteiger partial charge in [-0.2, -0.15) is 0 Å². The van der Waals surface area contributed by atoms with Gasteiger partial charge in [0.05, 0.1) is 0 Å². The summed E-state index contributed by atoms with van der Waals surface area (Å²) in [5.74, 6) is 0. The summed E-state index contributed by atoms with van der Waals surface area (Å²) in [6.45, 7) is 7.62. The van der Waals surface area contributed by atoms with Crippen molar-refractivity contribution in [2.24, 2.45) is 0 Å². The Morgan fingerprint density at radius 2 is 1.80 bits per heavy atom. The van der Waals surface area contributed by atoms with Gasteiger partial charge in [0.25, 0.3) is 0 Å². The molecule has 1 atom stereocenters. The Morgan fingerprint density at radius 1 is 1.13 bits per heavy atom. The zero-order chi connectivity index (χ0) is 11.1. The molecule has 0 aromatic heterocycles. The molecule has 0 amide bonds. The van der Waals surface area contributed by atoms with Gasteiger partial charge in [0.1, 0.15) is 0 Å². The molecule has 0 aliphatic rings. The fraction of sp³-hybridized carbons (Fsp3) is 0.571. The van der Waals surface area contributed by atoms with Gasteiger partial charge < -0.3 is 5.32 Å². The van der Waals surface area contributed by atoms with Crippen LogP contribution in [0, 0.1) is 0 Å². The molecular weight excluding hydrogens is 182 g/mol. The molecule has 0 aliphatic heterocycles. The van der Waals surface area contributed by atoms with Crippen LogP contribution in [0.3, 0.4) is 0 Å². The van der Waals surface area contributed by atoms with Crippen LogP contribution in [0.2, 0.25) is 0 Å². The molecule has 1 unspecified atom stereocenters. The first-order valence-corrected chi connectivity index (χ1v) is 6.10. The molecule has 0 heterocycles. The lowest BCUT2D eigenvalue weighted by Crippen LogP contribution is -2.17. The minimum absolute atomic E-state index is 0.468. The Bertz CT molecular complexity index is 263. The van der Waals surface area contributed by atoms with Crippen molar-refractivity contribution >= 4 is 0 Å². The Labute approximate surface area is 93.9 Å². The highest BCUT2D eigenvalue weighted by Gasteiger charge is 2.02. The molecule has 0 aliphatic carbocycles. The average Bonchev–Trinajstić information content (AvgIpc) is 2.27. The van der Waals surface area contributed by atoms with Gasteiger partial charge in [0.15, 0.2) is 0 Å². The van der Waals surface area contributed by atoms with Gasteiger partial charge in [0.2, 0.25) is 0 Å². The van der Waals surface area contributed by atoms with E-state index in [-0.39, 0.29) is 0 Å². The molecule has 1 nitrogen and oxygen atoms in total. The van der Waals surface area contributed by atoms with Crippen LogP contribution in [-0.4, -0.2) is 6.54 Å². The number of hydrogen-bond acceptors (Lipinski definition) is 1. The molecule has 1 aromatic carbocycles. The maximum Gasteiger partial charge on any atom is 0.0291 e. The van der Waals surface area contributed by atoms with Crippen molar-refractivity contribution in [3.63, 3.8) is 0 Å². The summed E-state index contributed by atoms with van der Waals surface area (Å²) in [5, 5.41) is 3.42. The van der Waals surface area contributed by atoms with Gasteiger partial charge in [-0.05, 0) is 37.4 Å². The van der Waals surface area contributed by atoms with Crippen LogP contribution in [0.4, 0.5) is 0 Å². The smallest absolute Gasteiger partial charge is 0.0291 e. The van der Waals surface area contributed by atoms with Crippen LogP contribution in [0.15, 0.2) is 24.3 Å². The molecule has 0 radical (unpaired) electrons. The van der Waals surface area contributed by atoms with Gasteiger partial charge in [-0.3, -0.25) is 0 Å². The van der Waals surface area contributed by atoms with Crippen molar-refractivity contribution in [1.29, 1.82) is 0 Å². The van der Waals surface area contributed by atoms with Gasteiger partial charge >= 0.3 is 0 Å². The molecule has 0 spiro atoms. The molecule has 1 N–H and O–H groups in total. The van der Waals surface area contributed by atoms with Crippen LogP contribution in [0.1, 0.15) is 50.8 Å². The molecule has 0 saturated heterocycles. The predicted octanol–water partition coefficient (Wildman–Crippen LogP) is 3.70. The molecule has 1 heteroatoms. The third kappa shape index (κ3) is 4.05. The summed E-state index contributed by atoms with van der Waals surface area (Å²) in [5.41, 5.74) is 2.85. The first-order chi connectivity index (χ1) is 7.27. The summed E-state index contributed by atoms with van der Waals surface area (Å²) >= 11 is 0. The topological polar surface area (TPSA) is 12.0 Å². The highest BCUT2D eigenvalue weighted by molar-refractivity contribution is 5.24. The molecule has 0 bridgehead atoms. The average molecular weight is 205 g/mol. The number of rotatable bonds is 6. The van der Waals surface area contributed by atoms with E-state index in [9.17, 15) is 0 Å². The third-order valence-electron chi connectivity index (χ3n) is 2.81. The van der Waals surface area contributed by atoms with Crippen molar-refractivity contribution in [2.75, 3.05) is 6.54 Å². The van der Waals surface area contributed by atoms with Crippen molar-refractivity contribution in [3.8, 4) is 0 Å². The minimum Gasteiger partial charge on any atom is -0.310 e. The Hall–Kier alpha value is -0.820. The molecule has 0 saturated carbocycles. The summed E-state index contributed by atoms with van der Waals surface area (Å²) in [4.78, 5) is 0. The number of aryl methyl sites for hydroxylation is 1. The lowest BCUT2D eigenvalue weighted by molar-refractivity contribution is 0.598. The monoisotopic (exact) mass is 205 g/mol. The number of hydrogen-bond donors (Lipinski definition) is 1. The molecule has 15 heavy (non-hydrogen) atoms. The van der Waals surface area contributed by atoms with E-state index < -0.39 is 0 Å².